The van der Waals surface area contributed by atoms with Gasteiger partial charge in [0, 0.05) is 6.54 Å². The zero-order valence-corrected chi connectivity index (χ0v) is 17.3. The third-order valence-corrected chi connectivity index (χ3v) is 6.38. The minimum absolute atomic E-state index is 0.0381. The number of carbonyl (C=O) groups is 1. The Morgan fingerprint density at radius 1 is 1.11 bits per heavy atom. The maximum atomic E-state index is 12.7. The molecule has 0 saturated carbocycles. The summed E-state index contributed by atoms with van der Waals surface area (Å²) in [5.74, 6) is -0.515. The molecule has 0 radical (unpaired) electrons. The van der Waals surface area contributed by atoms with E-state index in [-0.39, 0.29) is 24.5 Å². The van der Waals surface area contributed by atoms with Gasteiger partial charge in [-0.15, -0.1) is 0 Å². The number of aryl methyl sites for hydroxylation is 2. The van der Waals surface area contributed by atoms with Gasteiger partial charge in [0.25, 0.3) is 0 Å². The lowest BCUT2D eigenvalue weighted by atomic mass is 10.0. The Morgan fingerprint density at radius 2 is 1.75 bits per heavy atom. The minimum Gasteiger partial charge on any atom is -0.461 e. The smallest absolute Gasteiger partial charge is 0.307 e. The van der Waals surface area contributed by atoms with Crippen molar-refractivity contribution in [2.75, 3.05) is 6.54 Å². The summed E-state index contributed by atoms with van der Waals surface area (Å²) in [5, 5.41) is 8.88. The number of sulfonamides is 1. The molecule has 6 nitrogen and oxygen atoms in total. The van der Waals surface area contributed by atoms with E-state index in [1.165, 1.54) is 0 Å². The van der Waals surface area contributed by atoms with E-state index in [4.69, 9.17) is 10.00 Å². The summed E-state index contributed by atoms with van der Waals surface area (Å²) < 4.78 is 33.1. The van der Waals surface area contributed by atoms with Crippen LogP contribution in [0.2, 0.25) is 0 Å². The normalized spacial score (nSPS) is 11.1. The zero-order chi connectivity index (χ0) is 20.9. The molecular weight excluding hydrogens is 376 g/mol. The van der Waals surface area contributed by atoms with Crippen molar-refractivity contribution < 1.29 is 17.9 Å². The van der Waals surface area contributed by atoms with Crippen LogP contribution in [0.3, 0.4) is 0 Å². The Labute approximate surface area is 166 Å². The van der Waals surface area contributed by atoms with E-state index in [1.54, 1.807) is 38.1 Å². The molecule has 28 heavy (non-hydrogen) atoms. The Morgan fingerprint density at radius 3 is 2.36 bits per heavy atom. The molecule has 7 heteroatoms. The molecule has 0 aliphatic rings. The summed E-state index contributed by atoms with van der Waals surface area (Å²) in [6.07, 6.45) is -0.0833. The lowest BCUT2D eigenvalue weighted by Gasteiger charge is -2.16. The third-order valence-electron chi connectivity index (χ3n) is 4.64. The summed E-state index contributed by atoms with van der Waals surface area (Å²) in [6, 6.07) is 10.8. The van der Waals surface area contributed by atoms with Crippen LogP contribution < -0.4 is 4.72 Å². The van der Waals surface area contributed by atoms with Crippen LogP contribution in [0.25, 0.3) is 0 Å². The molecule has 0 atom stereocenters. The van der Waals surface area contributed by atoms with Crippen molar-refractivity contribution >= 4 is 16.0 Å². The first-order valence-corrected chi connectivity index (χ1v) is 10.4. The molecule has 2 aromatic carbocycles. The summed E-state index contributed by atoms with van der Waals surface area (Å²) in [6.45, 7) is 7.29. The van der Waals surface area contributed by atoms with Gasteiger partial charge in [0.05, 0.1) is 22.9 Å². The van der Waals surface area contributed by atoms with E-state index >= 15 is 0 Å². The Balaban J connectivity index is 1.95. The van der Waals surface area contributed by atoms with Gasteiger partial charge < -0.3 is 4.74 Å². The third kappa shape index (κ3) is 5.18. The van der Waals surface area contributed by atoms with Crippen molar-refractivity contribution in [2.45, 2.75) is 45.6 Å². The molecule has 0 unspecified atom stereocenters. The molecule has 0 heterocycles. The second kappa shape index (κ2) is 9.00. The Hall–Kier alpha value is -2.69. The second-order valence-corrected chi connectivity index (χ2v) is 8.41. The van der Waals surface area contributed by atoms with Crippen molar-refractivity contribution in [3.63, 3.8) is 0 Å². The van der Waals surface area contributed by atoms with Crippen LogP contribution in [-0.4, -0.2) is 20.9 Å². The van der Waals surface area contributed by atoms with Gasteiger partial charge in [0.2, 0.25) is 10.0 Å². The van der Waals surface area contributed by atoms with Crippen molar-refractivity contribution in [3.05, 3.63) is 63.7 Å². The maximum absolute atomic E-state index is 12.7. The summed E-state index contributed by atoms with van der Waals surface area (Å²) in [7, 11) is -3.73. The molecule has 2 aromatic rings. The van der Waals surface area contributed by atoms with E-state index in [9.17, 15) is 13.2 Å². The van der Waals surface area contributed by atoms with Crippen LogP contribution in [0.5, 0.6) is 0 Å². The molecule has 0 fully saturated rings. The maximum Gasteiger partial charge on any atom is 0.307 e. The van der Waals surface area contributed by atoms with E-state index < -0.39 is 16.0 Å². The standard InChI is InChI=1S/C21H24N2O4S/c1-14-10-15(2)17(4)21(16(14)3)28(25,26)23-9-8-20(24)27-13-19-7-5-6-18(11-19)12-22/h5-7,10-11,23H,8-9,13H2,1-4H3. The fraction of sp³-hybridized carbons (Fsp3) is 0.333. The van der Waals surface area contributed by atoms with Gasteiger partial charge in [0.15, 0.2) is 0 Å². The molecule has 2 rings (SSSR count). The molecule has 0 bridgehead atoms. The molecule has 1 N–H and O–H groups in total. The number of hydrogen-bond acceptors (Lipinski definition) is 5. The molecule has 0 aliphatic carbocycles. The molecule has 0 aliphatic heterocycles. The highest BCUT2D eigenvalue weighted by Crippen LogP contribution is 2.25. The van der Waals surface area contributed by atoms with Gasteiger partial charge in [-0.25, -0.2) is 13.1 Å². The highest BCUT2D eigenvalue weighted by atomic mass is 32.2. The number of hydrogen-bond donors (Lipinski definition) is 1. The van der Waals surface area contributed by atoms with Crippen LogP contribution in [0, 0.1) is 39.0 Å². The molecule has 0 saturated heterocycles. The van der Waals surface area contributed by atoms with Gasteiger partial charge >= 0.3 is 5.97 Å². The SMILES string of the molecule is Cc1cc(C)c(C)c(S(=O)(=O)NCCC(=O)OCc2cccc(C#N)c2)c1C. The monoisotopic (exact) mass is 400 g/mol. The van der Waals surface area contributed by atoms with Crippen LogP contribution in [0.1, 0.15) is 39.8 Å². The number of nitriles is 1. The van der Waals surface area contributed by atoms with E-state index in [0.29, 0.717) is 22.3 Å². The van der Waals surface area contributed by atoms with Crippen LogP contribution in [-0.2, 0) is 26.2 Å². The van der Waals surface area contributed by atoms with E-state index in [0.717, 1.165) is 11.1 Å². The minimum atomic E-state index is -3.73. The highest BCUT2D eigenvalue weighted by molar-refractivity contribution is 7.89. The number of rotatable bonds is 7. The lowest BCUT2D eigenvalue weighted by Crippen LogP contribution is -2.28. The number of ether oxygens (including phenoxy) is 1. The Kier molecular flexibility index (Phi) is 6.95. The first kappa shape index (κ1) is 21.6. The van der Waals surface area contributed by atoms with Crippen molar-refractivity contribution in [1.82, 2.24) is 4.72 Å². The molecule has 148 valence electrons. The Bertz CT molecular complexity index is 1010. The molecular formula is C21H24N2O4S. The number of nitrogens with one attached hydrogen (secondary N) is 1. The molecule has 0 aromatic heterocycles. The second-order valence-electron chi connectivity index (χ2n) is 6.71. The van der Waals surface area contributed by atoms with Crippen LogP contribution in [0.4, 0.5) is 0 Å². The predicted octanol–water partition coefficient (Wildman–Crippen LogP) is 3.20. The number of benzene rings is 2. The largest absolute Gasteiger partial charge is 0.461 e. The average Bonchev–Trinajstić information content (AvgIpc) is 2.65. The summed E-state index contributed by atoms with van der Waals surface area (Å²) in [5.41, 5.74) is 4.41. The number of esters is 1. The fourth-order valence-electron chi connectivity index (χ4n) is 2.91. The topological polar surface area (TPSA) is 96.3 Å². The summed E-state index contributed by atoms with van der Waals surface area (Å²) in [4.78, 5) is 12.2. The molecule has 0 spiro atoms. The fourth-order valence-corrected chi connectivity index (χ4v) is 4.55. The van der Waals surface area contributed by atoms with Crippen molar-refractivity contribution in [1.29, 1.82) is 5.26 Å². The first-order chi connectivity index (χ1) is 13.2. The number of carbonyl (C=O) groups excluding carboxylic acids is 1. The van der Waals surface area contributed by atoms with Crippen molar-refractivity contribution in [2.24, 2.45) is 0 Å². The lowest BCUT2D eigenvalue weighted by molar-refractivity contribution is -0.144. The predicted molar refractivity (Wildman–Crippen MR) is 106 cm³/mol. The van der Waals surface area contributed by atoms with E-state index in [1.807, 2.05) is 26.0 Å². The summed E-state index contributed by atoms with van der Waals surface area (Å²) >= 11 is 0. The zero-order valence-electron chi connectivity index (χ0n) is 16.5. The quantitative estimate of drug-likeness (QED) is 0.720. The van der Waals surface area contributed by atoms with Crippen molar-refractivity contribution in [3.8, 4) is 6.07 Å². The van der Waals surface area contributed by atoms with E-state index in [2.05, 4.69) is 4.72 Å². The highest BCUT2D eigenvalue weighted by Gasteiger charge is 2.22. The average molecular weight is 401 g/mol. The van der Waals surface area contributed by atoms with Crippen LogP contribution >= 0.6 is 0 Å². The van der Waals surface area contributed by atoms with Gasteiger partial charge in [0.1, 0.15) is 6.61 Å². The number of nitrogens with zero attached hydrogens (tertiary/aromatic N) is 1. The van der Waals surface area contributed by atoms with Gasteiger partial charge in [-0.3, -0.25) is 4.79 Å². The van der Waals surface area contributed by atoms with Gasteiger partial charge in [-0.05, 0) is 67.6 Å². The van der Waals surface area contributed by atoms with Gasteiger partial charge in [-0.2, -0.15) is 5.26 Å². The van der Waals surface area contributed by atoms with Gasteiger partial charge in [-0.1, -0.05) is 18.2 Å². The van der Waals surface area contributed by atoms with Crippen LogP contribution in [0.15, 0.2) is 35.2 Å². The molecule has 0 amide bonds. The first-order valence-electron chi connectivity index (χ1n) is 8.87.